The standard InChI is InChI=1S/C15H21N3O2S/c1-10(4-3-7-20-2)15(19)18-6-5-11-12(8-16)14(17)21-13(11)9-18/h10H,3-7,9,17H2,1-2H3/t10-/m1/s1. The average molecular weight is 307 g/mol. The van der Waals surface area contributed by atoms with Crippen LogP contribution in [0.1, 0.15) is 35.8 Å². The molecule has 0 saturated carbocycles. The Morgan fingerprint density at radius 1 is 1.62 bits per heavy atom. The van der Waals surface area contributed by atoms with Gasteiger partial charge in [0, 0.05) is 31.1 Å². The molecule has 6 heteroatoms. The van der Waals surface area contributed by atoms with Crippen molar-refractivity contribution in [1.29, 1.82) is 5.26 Å². The maximum Gasteiger partial charge on any atom is 0.225 e. The highest BCUT2D eigenvalue weighted by molar-refractivity contribution is 7.16. The van der Waals surface area contributed by atoms with Gasteiger partial charge in [0.05, 0.1) is 12.1 Å². The SMILES string of the molecule is COCCC[C@@H](C)C(=O)N1CCc2c(sc(N)c2C#N)C1. The van der Waals surface area contributed by atoms with E-state index < -0.39 is 0 Å². The molecule has 21 heavy (non-hydrogen) atoms. The fourth-order valence-corrected chi connectivity index (χ4v) is 3.79. The molecule has 1 aliphatic heterocycles. The Balaban J connectivity index is 2.01. The zero-order valence-corrected chi connectivity index (χ0v) is 13.3. The smallest absolute Gasteiger partial charge is 0.225 e. The molecule has 1 atom stereocenters. The Morgan fingerprint density at radius 3 is 3.05 bits per heavy atom. The Bertz CT molecular complexity index is 562. The number of carbonyl (C=O) groups is 1. The molecular weight excluding hydrogens is 286 g/mol. The Morgan fingerprint density at radius 2 is 2.38 bits per heavy atom. The highest BCUT2D eigenvalue weighted by atomic mass is 32.1. The van der Waals surface area contributed by atoms with Crippen LogP contribution in [0.5, 0.6) is 0 Å². The van der Waals surface area contributed by atoms with Gasteiger partial charge in [0.15, 0.2) is 0 Å². The molecule has 2 N–H and O–H groups in total. The van der Waals surface area contributed by atoms with Gasteiger partial charge in [0.2, 0.25) is 5.91 Å². The first kappa shape index (κ1) is 15.8. The van der Waals surface area contributed by atoms with Crippen molar-refractivity contribution in [2.45, 2.75) is 32.7 Å². The van der Waals surface area contributed by atoms with Crippen molar-refractivity contribution in [2.75, 3.05) is 26.0 Å². The number of thiophene rings is 1. The first-order chi connectivity index (χ1) is 10.1. The second kappa shape index (κ2) is 6.92. The number of fused-ring (bicyclic) bond motifs is 1. The monoisotopic (exact) mass is 307 g/mol. The molecule has 2 heterocycles. The van der Waals surface area contributed by atoms with Crippen molar-refractivity contribution in [1.82, 2.24) is 4.90 Å². The topological polar surface area (TPSA) is 79.3 Å². The van der Waals surface area contributed by atoms with E-state index in [2.05, 4.69) is 6.07 Å². The van der Waals surface area contributed by atoms with Crippen LogP contribution in [0.15, 0.2) is 0 Å². The molecule has 0 fully saturated rings. The molecule has 5 nitrogen and oxygen atoms in total. The zero-order chi connectivity index (χ0) is 15.4. The molecule has 0 radical (unpaired) electrons. The highest BCUT2D eigenvalue weighted by Crippen LogP contribution is 2.34. The van der Waals surface area contributed by atoms with E-state index in [0.29, 0.717) is 30.3 Å². The molecule has 2 rings (SSSR count). The van der Waals surface area contributed by atoms with Crippen LogP contribution in [-0.2, 0) is 22.5 Å². The molecular formula is C15H21N3O2S. The molecule has 0 bridgehead atoms. The van der Waals surface area contributed by atoms with Crippen molar-refractivity contribution in [3.8, 4) is 6.07 Å². The summed E-state index contributed by atoms with van der Waals surface area (Å²) < 4.78 is 5.02. The number of carbonyl (C=O) groups excluding carboxylic acids is 1. The van der Waals surface area contributed by atoms with Gasteiger partial charge in [-0.1, -0.05) is 6.92 Å². The largest absolute Gasteiger partial charge is 0.389 e. The van der Waals surface area contributed by atoms with Crippen LogP contribution in [-0.4, -0.2) is 31.1 Å². The maximum absolute atomic E-state index is 12.5. The van der Waals surface area contributed by atoms with Gasteiger partial charge in [-0.3, -0.25) is 4.79 Å². The lowest BCUT2D eigenvalue weighted by Crippen LogP contribution is -2.38. The average Bonchev–Trinajstić information content (AvgIpc) is 2.80. The Hall–Kier alpha value is -1.58. The van der Waals surface area contributed by atoms with Gasteiger partial charge < -0.3 is 15.4 Å². The Labute approximate surface area is 129 Å². The number of nitrogen functional groups attached to an aromatic ring is 1. The van der Waals surface area contributed by atoms with E-state index in [0.717, 1.165) is 29.7 Å². The van der Waals surface area contributed by atoms with E-state index in [1.54, 1.807) is 7.11 Å². The lowest BCUT2D eigenvalue weighted by atomic mass is 10.00. The number of hydrogen-bond donors (Lipinski definition) is 1. The Kier molecular flexibility index (Phi) is 5.21. The van der Waals surface area contributed by atoms with Crippen molar-refractivity contribution < 1.29 is 9.53 Å². The third-order valence-corrected chi connectivity index (χ3v) is 4.96. The molecule has 0 unspecified atom stereocenters. The predicted octanol–water partition coefficient (Wildman–Crippen LogP) is 2.15. The van der Waals surface area contributed by atoms with E-state index >= 15 is 0 Å². The summed E-state index contributed by atoms with van der Waals surface area (Å²) in [6.45, 7) is 3.91. The van der Waals surface area contributed by atoms with E-state index in [9.17, 15) is 4.79 Å². The summed E-state index contributed by atoms with van der Waals surface area (Å²) in [6.07, 6.45) is 2.46. The van der Waals surface area contributed by atoms with Gasteiger partial charge in [0.1, 0.15) is 11.1 Å². The maximum atomic E-state index is 12.5. The zero-order valence-electron chi connectivity index (χ0n) is 12.5. The summed E-state index contributed by atoms with van der Waals surface area (Å²) in [5, 5.41) is 9.71. The molecule has 1 aromatic rings. The van der Waals surface area contributed by atoms with Crippen LogP contribution in [0.2, 0.25) is 0 Å². The van der Waals surface area contributed by atoms with Crippen molar-refractivity contribution >= 4 is 22.2 Å². The summed E-state index contributed by atoms with van der Waals surface area (Å²) in [5.41, 5.74) is 7.52. The summed E-state index contributed by atoms with van der Waals surface area (Å²) >= 11 is 1.44. The third kappa shape index (κ3) is 3.36. The van der Waals surface area contributed by atoms with Gasteiger partial charge >= 0.3 is 0 Å². The number of methoxy groups -OCH3 is 1. The summed E-state index contributed by atoms with van der Waals surface area (Å²) in [6, 6.07) is 2.17. The van der Waals surface area contributed by atoms with Crippen LogP contribution in [0, 0.1) is 17.2 Å². The van der Waals surface area contributed by atoms with Crippen LogP contribution in [0.4, 0.5) is 5.00 Å². The van der Waals surface area contributed by atoms with Crippen LogP contribution in [0.25, 0.3) is 0 Å². The quantitative estimate of drug-likeness (QED) is 0.845. The second-order valence-electron chi connectivity index (χ2n) is 5.40. The van der Waals surface area contributed by atoms with Crippen LogP contribution >= 0.6 is 11.3 Å². The minimum absolute atomic E-state index is 0.00875. The molecule has 1 aliphatic rings. The van der Waals surface area contributed by atoms with Crippen molar-refractivity contribution in [3.63, 3.8) is 0 Å². The lowest BCUT2D eigenvalue weighted by molar-refractivity contribution is -0.136. The fourth-order valence-electron chi connectivity index (χ4n) is 2.70. The number of nitrogens with two attached hydrogens (primary N) is 1. The summed E-state index contributed by atoms with van der Waals surface area (Å²) in [5.74, 6) is 0.191. The molecule has 1 aromatic heterocycles. The van der Waals surface area contributed by atoms with E-state index in [1.165, 1.54) is 11.3 Å². The number of ether oxygens (including phenoxy) is 1. The fraction of sp³-hybridized carbons (Fsp3) is 0.600. The van der Waals surface area contributed by atoms with E-state index in [4.69, 9.17) is 15.7 Å². The summed E-state index contributed by atoms with van der Waals surface area (Å²) in [7, 11) is 1.67. The van der Waals surface area contributed by atoms with E-state index in [1.807, 2.05) is 11.8 Å². The van der Waals surface area contributed by atoms with E-state index in [-0.39, 0.29) is 11.8 Å². The van der Waals surface area contributed by atoms with Crippen molar-refractivity contribution in [2.24, 2.45) is 5.92 Å². The number of nitriles is 1. The summed E-state index contributed by atoms with van der Waals surface area (Å²) in [4.78, 5) is 15.4. The molecule has 0 saturated heterocycles. The third-order valence-electron chi connectivity index (χ3n) is 3.91. The molecule has 0 aromatic carbocycles. The second-order valence-corrected chi connectivity index (χ2v) is 6.54. The predicted molar refractivity (Wildman–Crippen MR) is 82.8 cm³/mol. The van der Waals surface area contributed by atoms with Gasteiger partial charge in [-0.25, -0.2) is 0 Å². The first-order valence-electron chi connectivity index (χ1n) is 7.16. The van der Waals surface area contributed by atoms with Gasteiger partial charge in [0.25, 0.3) is 0 Å². The number of rotatable bonds is 5. The van der Waals surface area contributed by atoms with Crippen molar-refractivity contribution in [3.05, 3.63) is 16.0 Å². The van der Waals surface area contributed by atoms with Crippen LogP contribution in [0.3, 0.4) is 0 Å². The number of anilines is 1. The highest BCUT2D eigenvalue weighted by Gasteiger charge is 2.28. The van der Waals surface area contributed by atoms with Gasteiger partial charge in [-0.15, -0.1) is 11.3 Å². The minimum atomic E-state index is 0.00875. The minimum Gasteiger partial charge on any atom is -0.389 e. The number of amides is 1. The van der Waals surface area contributed by atoms with Gasteiger partial charge in [-0.05, 0) is 24.8 Å². The normalized spacial score (nSPS) is 15.4. The van der Waals surface area contributed by atoms with Gasteiger partial charge in [-0.2, -0.15) is 5.26 Å². The first-order valence-corrected chi connectivity index (χ1v) is 7.98. The number of hydrogen-bond acceptors (Lipinski definition) is 5. The molecule has 114 valence electrons. The van der Waals surface area contributed by atoms with Crippen LogP contribution < -0.4 is 5.73 Å². The molecule has 1 amide bonds. The molecule has 0 aliphatic carbocycles. The number of nitrogens with zero attached hydrogens (tertiary/aromatic N) is 2. The lowest BCUT2D eigenvalue weighted by Gasteiger charge is -2.29. The molecule has 0 spiro atoms.